The highest BCUT2D eigenvalue weighted by Crippen LogP contribution is 2.35. The van der Waals surface area contributed by atoms with E-state index in [0.29, 0.717) is 25.7 Å². The number of rotatable bonds is 9. The van der Waals surface area contributed by atoms with Crippen LogP contribution < -0.4 is 19.5 Å². The Morgan fingerprint density at radius 1 is 1.23 bits per heavy atom. The summed E-state index contributed by atoms with van der Waals surface area (Å²) in [4.78, 5) is 22.9. The van der Waals surface area contributed by atoms with Gasteiger partial charge in [0.05, 0.1) is 17.9 Å². The summed E-state index contributed by atoms with van der Waals surface area (Å²) < 4.78 is 41.5. The lowest BCUT2D eigenvalue weighted by Crippen LogP contribution is -2.23. The Kier molecular flexibility index (Phi) is 7.13. The minimum absolute atomic E-state index is 0.00695. The summed E-state index contributed by atoms with van der Waals surface area (Å²) in [5, 5.41) is 12.3. The van der Waals surface area contributed by atoms with Gasteiger partial charge in [0.2, 0.25) is 0 Å². The molecule has 3 rings (SSSR count). The minimum Gasteiger partial charge on any atom is -0.492 e. The van der Waals surface area contributed by atoms with Gasteiger partial charge in [-0.25, -0.2) is 13.2 Å². The summed E-state index contributed by atoms with van der Waals surface area (Å²) in [7, 11) is -1.69. The molecule has 0 amide bonds. The fourth-order valence-electron chi connectivity index (χ4n) is 3.04. The summed E-state index contributed by atoms with van der Waals surface area (Å²) in [6.07, 6.45) is 0.690. The average molecular weight is 449 g/mol. The summed E-state index contributed by atoms with van der Waals surface area (Å²) in [6.45, 7) is 0.811. The Bertz CT molecular complexity index is 1070. The second-order valence-corrected chi connectivity index (χ2v) is 8.99. The summed E-state index contributed by atoms with van der Waals surface area (Å²) in [6, 6.07) is 8.41. The molecule has 10 heteroatoms. The lowest BCUT2D eigenvalue weighted by atomic mass is 10.2. The Morgan fingerprint density at radius 3 is 2.71 bits per heavy atom. The van der Waals surface area contributed by atoms with Crippen molar-refractivity contribution >= 4 is 22.1 Å². The Hall–Kier alpha value is -3.11. The van der Waals surface area contributed by atoms with Crippen LogP contribution in [0.4, 0.5) is 0 Å². The predicted octanol–water partition coefficient (Wildman–Crippen LogP) is 2.29. The zero-order chi connectivity index (χ0) is 22.4. The Morgan fingerprint density at radius 2 is 2.00 bits per heavy atom. The van der Waals surface area contributed by atoms with Crippen LogP contribution in [0.5, 0.6) is 23.0 Å². The van der Waals surface area contributed by atoms with E-state index in [0.717, 1.165) is 0 Å². The van der Waals surface area contributed by atoms with Crippen molar-refractivity contribution in [1.29, 1.82) is 0 Å². The number of hydrogen-bond donors (Lipinski definition) is 2. The first-order valence-corrected chi connectivity index (χ1v) is 11.3. The monoisotopic (exact) mass is 449 g/mol. The van der Waals surface area contributed by atoms with Gasteiger partial charge >= 0.3 is 5.97 Å². The molecule has 0 saturated heterocycles. The van der Waals surface area contributed by atoms with Crippen LogP contribution in [0.15, 0.2) is 41.3 Å². The molecule has 0 bridgehead atoms. The van der Waals surface area contributed by atoms with E-state index in [9.17, 15) is 23.1 Å². The zero-order valence-corrected chi connectivity index (χ0v) is 17.7. The third kappa shape index (κ3) is 5.74. The molecule has 1 unspecified atom stereocenters. The maximum Gasteiger partial charge on any atom is 0.335 e. The van der Waals surface area contributed by atoms with Gasteiger partial charge < -0.3 is 24.6 Å². The molecular formula is C21H23NO8S. The number of carboxylic acid groups (broad SMARTS) is 1. The highest BCUT2D eigenvalue weighted by atomic mass is 32.2. The molecular weight excluding hydrogens is 426 g/mol. The molecule has 0 radical (unpaired) electrons. The molecule has 0 saturated carbocycles. The van der Waals surface area contributed by atoms with Gasteiger partial charge in [-0.3, -0.25) is 4.79 Å². The van der Waals surface area contributed by atoms with E-state index >= 15 is 0 Å². The Balaban J connectivity index is 1.88. The molecule has 1 atom stereocenters. The molecule has 0 aromatic heterocycles. The number of nitrogens with one attached hydrogen (secondary N) is 1. The molecule has 0 aliphatic carbocycles. The van der Waals surface area contributed by atoms with Crippen LogP contribution in [-0.2, 0) is 14.6 Å². The number of carbonyl (C=O) groups is 2. The largest absolute Gasteiger partial charge is 0.492 e. The van der Waals surface area contributed by atoms with E-state index < -0.39 is 21.9 Å². The second-order valence-electron chi connectivity index (χ2n) is 6.91. The van der Waals surface area contributed by atoms with Crippen LogP contribution in [0.25, 0.3) is 0 Å². The number of carboxylic acids is 1. The predicted molar refractivity (Wildman–Crippen MR) is 111 cm³/mol. The lowest BCUT2D eigenvalue weighted by Gasteiger charge is -2.16. The first-order chi connectivity index (χ1) is 14.8. The highest BCUT2D eigenvalue weighted by Gasteiger charge is 2.23. The maximum atomic E-state index is 12.3. The Labute approximate surface area is 179 Å². The van der Waals surface area contributed by atoms with Crippen molar-refractivity contribution in [3.8, 4) is 23.0 Å². The van der Waals surface area contributed by atoms with Crippen molar-refractivity contribution in [2.24, 2.45) is 0 Å². The summed E-state index contributed by atoms with van der Waals surface area (Å²) in [5.74, 6) is -0.404. The zero-order valence-electron chi connectivity index (χ0n) is 16.9. The molecule has 2 aromatic carbocycles. The number of aldehydes is 1. The van der Waals surface area contributed by atoms with Crippen LogP contribution in [0.3, 0.4) is 0 Å². The van der Waals surface area contributed by atoms with E-state index in [1.54, 1.807) is 7.05 Å². The lowest BCUT2D eigenvalue weighted by molar-refractivity contribution is -0.113. The molecule has 1 heterocycles. The molecule has 9 nitrogen and oxygen atoms in total. The molecule has 1 aliphatic heterocycles. The summed E-state index contributed by atoms with van der Waals surface area (Å²) >= 11 is 0. The van der Waals surface area contributed by atoms with E-state index in [1.807, 2.05) is 0 Å². The fourth-order valence-corrected chi connectivity index (χ4v) is 4.45. The molecule has 2 N–H and O–H groups in total. The summed E-state index contributed by atoms with van der Waals surface area (Å²) in [5.41, 5.74) is -0.0839. The topological polar surface area (TPSA) is 128 Å². The second kappa shape index (κ2) is 9.80. The fraction of sp³-hybridized carbons (Fsp3) is 0.333. The van der Waals surface area contributed by atoms with E-state index in [1.165, 1.54) is 36.4 Å². The quantitative estimate of drug-likeness (QED) is 0.554. The first-order valence-electron chi connectivity index (χ1n) is 9.65. The standard InChI is InChI=1S/C21H23NO8S/c1-22-6-5-16(13-23)30-18-10-14(21(24)25)9-17(11-18)29-15-3-4-20-19(12-15)28-7-2-8-31(20,26)27/h3-4,9-13,16,22H,2,5-8H2,1H3,(H,24,25). The van der Waals surface area contributed by atoms with Gasteiger partial charge in [-0.2, -0.15) is 0 Å². The third-order valence-electron chi connectivity index (χ3n) is 4.55. The van der Waals surface area contributed by atoms with Crippen molar-refractivity contribution in [1.82, 2.24) is 5.32 Å². The van der Waals surface area contributed by atoms with Crippen molar-refractivity contribution in [3.63, 3.8) is 0 Å². The highest BCUT2D eigenvalue weighted by molar-refractivity contribution is 7.91. The van der Waals surface area contributed by atoms with Gasteiger partial charge in [-0.15, -0.1) is 0 Å². The van der Waals surface area contributed by atoms with Crippen LogP contribution in [0, 0.1) is 0 Å². The molecule has 31 heavy (non-hydrogen) atoms. The number of ether oxygens (including phenoxy) is 3. The van der Waals surface area contributed by atoms with Crippen LogP contribution in [0.2, 0.25) is 0 Å². The molecule has 1 aliphatic rings. The van der Waals surface area contributed by atoms with Crippen molar-refractivity contribution in [3.05, 3.63) is 42.0 Å². The van der Waals surface area contributed by atoms with Gasteiger partial charge in [0, 0.05) is 18.6 Å². The number of hydrogen-bond acceptors (Lipinski definition) is 8. The van der Waals surface area contributed by atoms with Gasteiger partial charge in [-0.05, 0) is 44.3 Å². The first kappa shape index (κ1) is 22.6. The molecule has 2 aromatic rings. The van der Waals surface area contributed by atoms with E-state index in [4.69, 9.17) is 14.2 Å². The van der Waals surface area contributed by atoms with Gasteiger partial charge in [0.1, 0.15) is 27.9 Å². The average Bonchev–Trinajstić information content (AvgIpc) is 2.88. The number of carbonyl (C=O) groups excluding carboxylic acids is 1. The molecule has 0 spiro atoms. The SMILES string of the molecule is CNCCC(C=O)Oc1cc(Oc2ccc3c(c2)OCCCS3(=O)=O)cc(C(=O)O)c1. The van der Waals surface area contributed by atoms with E-state index in [2.05, 4.69) is 5.32 Å². The van der Waals surface area contributed by atoms with Gasteiger partial charge in [-0.1, -0.05) is 0 Å². The normalized spacial score (nSPS) is 15.6. The molecule has 0 fully saturated rings. The van der Waals surface area contributed by atoms with Crippen molar-refractivity contribution in [2.45, 2.75) is 23.8 Å². The van der Waals surface area contributed by atoms with Crippen molar-refractivity contribution < 1.29 is 37.3 Å². The van der Waals surface area contributed by atoms with Crippen LogP contribution in [-0.4, -0.2) is 57.8 Å². The smallest absolute Gasteiger partial charge is 0.335 e. The van der Waals surface area contributed by atoms with E-state index in [-0.39, 0.29) is 45.8 Å². The third-order valence-corrected chi connectivity index (χ3v) is 6.38. The number of sulfone groups is 1. The van der Waals surface area contributed by atoms with Crippen LogP contribution in [0.1, 0.15) is 23.2 Å². The maximum absolute atomic E-state index is 12.3. The number of aromatic carboxylic acids is 1. The van der Waals surface area contributed by atoms with Gasteiger partial charge in [0.25, 0.3) is 0 Å². The minimum atomic E-state index is -3.43. The molecule has 166 valence electrons. The van der Waals surface area contributed by atoms with Crippen LogP contribution >= 0.6 is 0 Å². The number of fused-ring (bicyclic) bond motifs is 1. The number of benzene rings is 2. The van der Waals surface area contributed by atoms with Gasteiger partial charge in [0.15, 0.2) is 22.2 Å². The van der Waals surface area contributed by atoms with Crippen molar-refractivity contribution in [2.75, 3.05) is 26.0 Å².